The maximum atomic E-state index is 12.6. The second kappa shape index (κ2) is 6.79. The zero-order chi connectivity index (χ0) is 16.4. The van der Waals surface area contributed by atoms with Crippen molar-refractivity contribution in [1.82, 2.24) is 0 Å². The Morgan fingerprint density at radius 1 is 1.39 bits per heavy atom. The number of aliphatic imine (C=N–C) groups is 1. The molecule has 2 heterocycles. The number of nitrogens with zero attached hydrogens (tertiary/aromatic N) is 1. The topological polar surface area (TPSA) is 55.7 Å². The van der Waals surface area contributed by atoms with Crippen LogP contribution >= 0.6 is 11.3 Å². The Kier molecular flexibility index (Phi) is 4.76. The van der Waals surface area contributed by atoms with Gasteiger partial charge in [-0.1, -0.05) is 13.0 Å². The predicted octanol–water partition coefficient (Wildman–Crippen LogP) is 3.88. The molecule has 1 aliphatic heterocycles. The van der Waals surface area contributed by atoms with Crippen LogP contribution in [0.25, 0.3) is 0 Å². The van der Waals surface area contributed by atoms with Crippen molar-refractivity contribution < 1.29 is 14.3 Å². The molecule has 1 aromatic heterocycles. The molecule has 2 atom stereocenters. The van der Waals surface area contributed by atoms with E-state index in [1.54, 1.807) is 11.3 Å². The van der Waals surface area contributed by atoms with Gasteiger partial charge in [0.2, 0.25) is 0 Å². The molecule has 3 rings (SSSR count). The SMILES string of the molecule is CCCOC(=O)C1=C(C)N=C2CCCC(=O)[C@H]2[C@H]1c1cccs1. The highest BCUT2D eigenvalue weighted by Gasteiger charge is 2.44. The van der Waals surface area contributed by atoms with Crippen LogP contribution in [0.1, 0.15) is 50.3 Å². The van der Waals surface area contributed by atoms with Crippen LogP contribution in [-0.4, -0.2) is 24.1 Å². The lowest BCUT2D eigenvalue weighted by Gasteiger charge is -2.34. The molecule has 0 saturated heterocycles. The highest BCUT2D eigenvalue weighted by molar-refractivity contribution is 7.10. The van der Waals surface area contributed by atoms with Crippen LogP contribution in [0.3, 0.4) is 0 Å². The summed E-state index contributed by atoms with van der Waals surface area (Å²) in [7, 11) is 0. The molecule has 1 fully saturated rings. The first-order chi connectivity index (χ1) is 11.1. The number of carbonyl (C=O) groups is 2. The standard InChI is InChI=1S/C18H21NO3S/c1-3-9-22-18(21)15-11(2)19-12-6-4-7-13(20)16(12)17(15)14-8-5-10-23-14/h5,8,10,16-17H,3-4,6-7,9H2,1-2H3/t16-,17-/m0/s1. The summed E-state index contributed by atoms with van der Waals surface area (Å²) in [5.74, 6) is -0.666. The van der Waals surface area contributed by atoms with Crippen LogP contribution in [-0.2, 0) is 14.3 Å². The highest BCUT2D eigenvalue weighted by atomic mass is 32.1. The van der Waals surface area contributed by atoms with Crippen molar-refractivity contribution in [2.45, 2.75) is 45.4 Å². The Bertz CT molecular complexity index is 672. The molecule has 1 saturated carbocycles. The summed E-state index contributed by atoms with van der Waals surface area (Å²) in [6.45, 7) is 4.21. The van der Waals surface area contributed by atoms with Gasteiger partial charge in [0.05, 0.1) is 18.1 Å². The lowest BCUT2D eigenvalue weighted by atomic mass is 9.71. The number of hydrogen-bond donors (Lipinski definition) is 0. The lowest BCUT2D eigenvalue weighted by Crippen LogP contribution is -2.38. The second-order valence-electron chi connectivity index (χ2n) is 6.03. The number of fused-ring (bicyclic) bond motifs is 1. The second-order valence-corrected chi connectivity index (χ2v) is 7.01. The van der Waals surface area contributed by atoms with Crippen molar-refractivity contribution >= 4 is 28.8 Å². The van der Waals surface area contributed by atoms with E-state index in [9.17, 15) is 9.59 Å². The fraction of sp³-hybridized carbons (Fsp3) is 0.500. The molecule has 5 heteroatoms. The van der Waals surface area contributed by atoms with E-state index in [0.29, 0.717) is 24.3 Å². The van der Waals surface area contributed by atoms with Gasteiger partial charge in [-0.3, -0.25) is 9.79 Å². The monoisotopic (exact) mass is 331 g/mol. The van der Waals surface area contributed by atoms with Crippen molar-refractivity contribution in [2.24, 2.45) is 10.9 Å². The summed E-state index contributed by atoms with van der Waals surface area (Å²) >= 11 is 1.59. The van der Waals surface area contributed by atoms with Gasteiger partial charge < -0.3 is 4.74 Å². The van der Waals surface area contributed by atoms with Crippen LogP contribution in [0.4, 0.5) is 0 Å². The molecule has 2 aliphatic rings. The maximum Gasteiger partial charge on any atom is 0.336 e. The van der Waals surface area contributed by atoms with E-state index in [1.165, 1.54) is 0 Å². The van der Waals surface area contributed by atoms with Crippen molar-refractivity contribution in [3.63, 3.8) is 0 Å². The number of allylic oxidation sites excluding steroid dienone is 1. The van der Waals surface area contributed by atoms with Gasteiger partial charge in [0, 0.05) is 28.6 Å². The molecular weight excluding hydrogens is 310 g/mol. The molecule has 0 amide bonds. The van der Waals surface area contributed by atoms with Gasteiger partial charge in [-0.05, 0) is 37.6 Å². The zero-order valence-corrected chi connectivity index (χ0v) is 14.3. The summed E-state index contributed by atoms with van der Waals surface area (Å²) in [4.78, 5) is 30.8. The van der Waals surface area contributed by atoms with Crippen molar-refractivity contribution in [3.8, 4) is 0 Å². The smallest absolute Gasteiger partial charge is 0.336 e. The van der Waals surface area contributed by atoms with Gasteiger partial charge >= 0.3 is 5.97 Å². The van der Waals surface area contributed by atoms with Gasteiger partial charge in [0.15, 0.2) is 0 Å². The molecule has 0 spiro atoms. The number of rotatable bonds is 4. The summed E-state index contributed by atoms with van der Waals surface area (Å²) in [6, 6.07) is 3.96. The minimum Gasteiger partial charge on any atom is -0.462 e. The van der Waals surface area contributed by atoms with E-state index >= 15 is 0 Å². The molecule has 1 aliphatic carbocycles. The molecule has 0 N–H and O–H groups in total. The van der Waals surface area contributed by atoms with E-state index in [1.807, 2.05) is 31.4 Å². The molecule has 122 valence electrons. The van der Waals surface area contributed by atoms with E-state index in [4.69, 9.17) is 4.74 Å². The first-order valence-electron chi connectivity index (χ1n) is 8.15. The molecule has 1 aromatic rings. The number of ketones is 1. The molecule has 0 aromatic carbocycles. The average Bonchev–Trinajstić information content (AvgIpc) is 3.05. The van der Waals surface area contributed by atoms with Crippen LogP contribution in [0.2, 0.25) is 0 Å². The highest BCUT2D eigenvalue weighted by Crippen LogP contribution is 2.44. The van der Waals surface area contributed by atoms with E-state index in [2.05, 4.69) is 4.99 Å². The number of esters is 1. The van der Waals surface area contributed by atoms with Crippen molar-refractivity contribution in [2.75, 3.05) is 6.61 Å². The number of hydrogen-bond acceptors (Lipinski definition) is 5. The van der Waals surface area contributed by atoms with Crippen LogP contribution in [0.5, 0.6) is 0 Å². The lowest BCUT2D eigenvalue weighted by molar-refractivity contribution is -0.139. The number of thiophene rings is 1. The summed E-state index contributed by atoms with van der Waals surface area (Å²) in [6.07, 6.45) is 3.04. The Labute approximate surface area is 140 Å². The van der Waals surface area contributed by atoms with Gasteiger partial charge in [-0.25, -0.2) is 4.79 Å². The summed E-state index contributed by atoms with van der Waals surface area (Å²) in [5, 5.41) is 1.98. The largest absolute Gasteiger partial charge is 0.462 e. The third kappa shape index (κ3) is 3.02. The number of Topliss-reactive ketones (excluding diaryl/α,β-unsaturated/α-hetero) is 1. The molecule has 0 radical (unpaired) electrons. The third-order valence-corrected chi connectivity index (χ3v) is 5.37. The number of carbonyl (C=O) groups excluding carboxylic acids is 2. The first kappa shape index (κ1) is 16.1. The maximum absolute atomic E-state index is 12.6. The number of ether oxygens (including phenoxy) is 1. The van der Waals surface area contributed by atoms with Crippen molar-refractivity contribution in [3.05, 3.63) is 33.7 Å². The zero-order valence-electron chi connectivity index (χ0n) is 13.5. The normalized spacial score (nSPS) is 24.3. The fourth-order valence-electron chi connectivity index (χ4n) is 3.43. The van der Waals surface area contributed by atoms with Crippen LogP contribution in [0.15, 0.2) is 33.8 Å². The summed E-state index contributed by atoms with van der Waals surface area (Å²) in [5.41, 5.74) is 2.19. The Morgan fingerprint density at radius 3 is 2.91 bits per heavy atom. The quantitative estimate of drug-likeness (QED) is 0.787. The average molecular weight is 331 g/mol. The Morgan fingerprint density at radius 2 is 2.22 bits per heavy atom. The third-order valence-electron chi connectivity index (χ3n) is 4.41. The molecule has 23 heavy (non-hydrogen) atoms. The van der Waals surface area contributed by atoms with Gasteiger partial charge in [0.25, 0.3) is 0 Å². The molecule has 4 nitrogen and oxygen atoms in total. The van der Waals surface area contributed by atoms with Crippen LogP contribution in [0, 0.1) is 5.92 Å². The van der Waals surface area contributed by atoms with Gasteiger partial charge in [-0.15, -0.1) is 11.3 Å². The molecule has 0 unspecified atom stereocenters. The summed E-state index contributed by atoms with van der Waals surface area (Å²) < 4.78 is 5.37. The van der Waals surface area contributed by atoms with Crippen LogP contribution < -0.4 is 0 Å². The minimum atomic E-state index is -0.330. The van der Waals surface area contributed by atoms with E-state index in [-0.39, 0.29) is 23.6 Å². The Balaban J connectivity index is 2.06. The van der Waals surface area contributed by atoms with Gasteiger partial charge in [-0.2, -0.15) is 0 Å². The molecule has 0 bridgehead atoms. The van der Waals surface area contributed by atoms with E-state index < -0.39 is 0 Å². The van der Waals surface area contributed by atoms with Gasteiger partial charge in [0.1, 0.15) is 5.78 Å². The molecular formula is C18H21NO3S. The minimum absolute atomic E-state index is 0.196. The Hall–Kier alpha value is -1.75. The fourth-order valence-corrected chi connectivity index (χ4v) is 4.31. The predicted molar refractivity (Wildman–Crippen MR) is 90.8 cm³/mol. The first-order valence-corrected chi connectivity index (χ1v) is 9.03. The van der Waals surface area contributed by atoms with E-state index in [0.717, 1.165) is 29.9 Å². The van der Waals surface area contributed by atoms with Crippen molar-refractivity contribution in [1.29, 1.82) is 0 Å².